The Hall–Kier alpha value is -0.0800. The van der Waals surface area contributed by atoms with Crippen LogP contribution in [0.5, 0.6) is 0 Å². The molecule has 0 radical (unpaired) electrons. The Bertz CT molecular complexity index is 215. The molecule has 0 aliphatic carbocycles. The van der Waals surface area contributed by atoms with E-state index < -0.39 is 0 Å². The van der Waals surface area contributed by atoms with Crippen molar-refractivity contribution in [1.29, 1.82) is 0 Å². The molecule has 1 fully saturated rings. The summed E-state index contributed by atoms with van der Waals surface area (Å²) in [6.07, 6.45) is 1.26. The fraction of sp³-hybridized carbons (Fsp3) is 1.00. The minimum Gasteiger partial charge on any atom is -0.311 e. The zero-order valence-corrected chi connectivity index (χ0v) is 12.1. The molecule has 1 aliphatic heterocycles. The first-order valence-corrected chi connectivity index (χ1v) is 6.70. The molecule has 0 spiro atoms. The van der Waals surface area contributed by atoms with E-state index in [4.69, 9.17) is 0 Å². The highest BCUT2D eigenvalue weighted by atomic mass is 15.2. The molecule has 1 unspecified atom stereocenters. The maximum atomic E-state index is 3.65. The zero-order valence-electron chi connectivity index (χ0n) is 12.1. The molecule has 0 bridgehead atoms. The third-order valence-corrected chi connectivity index (χ3v) is 3.91. The van der Waals surface area contributed by atoms with Gasteiger partial charge in [0.1, 0.15) is 0 Å². The highest BCUT2D eigenvalue weighted by Crippen LogP contribution is 2.25. The van der Waals surface area contributed by atoms with Crippen molar-refractivity contribution < 1.29 is 0 Å². The lowest BCUT2D eigenvalue weighted by atomic mass is 9.84. The average molecular weight is 226 g/mol. The molecule has 2 heteroatoms. The third kappa shape index (κ3) is 4.06. The Balaban J connectivity index is 2.51. The van der Waals surface area contributed by atoms with Crippen molar-refractivity contribution in [1.82, 2.24) is 10.2 Å². The van der Waals surface area contributed by atoms with E-state index in [-0.39, 0.29) is 0 Å². The van der Waals surface area contributed by atoms with Crippen LogP contribution in [-0.2, 0) is 0 Å². The van der Waals surface area contributed by atoms with Crippen LogP contribution in [0.3, 0.4) is 0 Å². The minimum absolute atomic E-state index is 0.370. The van der Waals surface area contributed by atoms with Gasteiger partial charge in [0.05, 0.1) is 0 Å². The average Bonchev–Trinajstić information content (AvgIpc) is 2.16. The summed E-state index contributed by atoms with van der Waals surface area (Å²) in [6.45, 7) is 18.8. The second-order valence-corrected chi connectivity index (χ2v) is 7.13. The Morgan fingerprint density at radius 2 is 1.81 bits per heavy atom. The van der Waals surface area contributed by atoms with Crippen molar-refractivity contribution in [2.45, 2.75) is 54.0 Å². The normalized spacial score (nSPS) is 24.8. The molecular weight excluding hydrogens is 196 g/mol. The molecule has 1 atom stereocenters. The lowest BCUT2D eigenvalue weighted by molar-refractivity contribution is 0.0969. The van der Waals surface area contributed by atoms with Gasteiger partial charge in [0.25, 0.3) is 0 Å². The van der Waals surface area contributed by atoms with E-state index >= 15 is 0 Å². The summed E-state index contributed by atoms with van der Waals surface area (Å²) in [5, 5.41) is 3.65. The van der Waals surface area contributed by atoms with Gasteiger partial charge in [0.2, 0.25) is 0 Å². The lowest BCUT2D eigenvalue weighted by Gasteiger charge is -2.43. The van der Waals surface area contributed by atoms with E-state index in [1.165, 1.54) is 26.1 Å². The maximum Gasteiger partial charge on any atom is 0.0244 e. The van der Waals surface area contributed by atoms with Gasteiger partial charge >= 0.3 is 0 Å². The first-order chi connectivity index (χ1) is 7.24. The Labute approximate surface area is 102 Å². The standard InChI is InChI=1S/C14H30N2/c1-7-14(5,6)11-16-9-8-15-12(10-16)13(2,3)4/h12,15H,7-11H2,1-6H3. The van der Waals surface area contributed by atoms with Crippen LogP contribution in [0.1, 0.15) is 48.0 Å². The van der Waals surface area contributed by atoms with Gasteiger partial charge in [-0.15, -0.1) is 0 Å². The molecule has 0 aromatic carbocycles. The Kier molecular flexibility index (Phi) is 4.42. The van der Waals surface area contributed by atoms with Gasteiger partial charge < -0.3 is 5.32 Å². The quantitative estimate of drug-likeness (QED) is 0.796. The SMILES string of the molecule is CCC(C)(C)CN1CCNC(C(C)(C)C)C1. The van der Waals surface area contributed by atoms with E-state index in [0.29, 0.717) is 16.9 Å². The minimum atomic E-state index is 0.370. The van der Waals surface area contributed by atoms with Crippen LogP contribution in [-0.4, -0.2) is 37.1 Å². The molecule has 0 aromatic heterocycles. The molecule has 1 rings (SSSR count). The van der Waals surface area contributed by atoms with Crippen LogP contribution in [0.4, 0.5) is 0 Å². The van der Waals surface area contributed by atoms with E-state index in [0.717, 1.165) is 6.54 Å². The van der Waals surface area contributed by atoms with E-state index in [9.17, 15) is 0 Å². The number of hydrogen-bond acceptors (Lipinski definition) is 2. The number of hydrogen-bond donors (Lipinski definition) is 1. The number of rotatable bonds is 3. The highest BCUT2D eigenvalue weighted by Gasteiger charge is 2.31. The molecule has 1 saturated heterocycles. The van der Waals surface area contributed by atoms with Gasteiger partial charge in [0, 0.05) is 32.2 Å². The van der Waals surface area contributed by atoms with E-state index in [1.807, 2.05) is 0 Å². The second kappa shape index (κ2) is 5.05. The van der Waals surface area contributed by atoms with Gasteiger partial charge in [-0.3, -0.25) is 4.90 Å². The van der Waals surface area contributed by atoms with Gasteiger partial charge in [-0.05, 0) is 17.3 Å². The first kappa shape index (κ1) is 14.0. The first-order valence-electron chi connectivity index (χ1n) is 6.70. The van der Waals surface area contributed by atoms with Gasteiger partial charge in [0.15, 0.2) is 0 Å². The molecule has 1 N–H and O–H groups in total. The molecular formula is C14H30N2. The summed E-state index contributed by atoms with van der Waals surface area (Å²) in [5.74, 6) is 0. The van der Waals surface area contributed by atoms with Gasteiger partial charge in [-0.2, -0.15) is 0 Å². The fourth-order valence-corrected chi connectivity index (χ4v) is 2.25. The van der Waals surface area contributed by atoms with Gasteiger partial charge in [-0.25, -0.2) is 0 Å². The van der Waals surface area contributed by atoms with Crippen LogP contribution in [0, 0.1) is 10.8 Å². The summed E-state index contributed by atoms with van der Waals surface area (Å²) in [4.78, 5) is 2.63. The smallest absolute Gasteiger partial charge is 0.0244 e. The molecule has 1 aliphatic rings. The molecule has 16 heavy (non-hydrogen) atoms. The summed E-state index contributed by atoms with van der Waals surface area (Å²) < 4.78 is 0. The maximum absolute atomic E-state index is 3.65. The highest BCUT2D eigenvalue weighted by molar-refractivity contribution is 4.88. The van der Waals surface area contributed by atoms with Crippen LogP contribution in [0.25, 0.3) is 0 Å². The zero-order chi connectivity index (χ0) is 12.4. The molecule has 1 heterocycles. The van der Waals surface area contributed by atoms with Crippen molar-refractivity contribution in [3.05, 3.63) is 0 Å². The number of piperazine rings is 1. The summed E-state index contributed by atoms with van der Waals surface area (Å²) in [7, 11) is 0. The molecule has 96 valence electrons. The van der Waals surface area contributed by atoms with Crippen LogP contribution in [0.15, 0.2) is 0 Å². The van der Waals surface area contributed by atoms with Crippen LogP contribution in [0.2, 0.25) is 0 Å². The molecule has 0 saturated carbocycles. The summed E-state index contributed by atoms with van der Waals surface area (Å²) in [5.41, 5.74) is 0.828. The van der Waals surface area contributed by atoms with Crippen molar-refractivity contribution in [3.8, 4) is 0 Å². The fourth-order valence-electron chi connectivity index (χ4n) is 2.25. The monoisotopic (exact) mass is 226 g/mol. The third-order valence-electron chi connectivity index (χ3n) is 3.91. The van der Waals surface area contributed by atoms with E-state index in [1.54, 1.807) is 0 Å². The summed E-state index contributed by atoms with van der Waals surface area (Å²) in [6, 6.07) is 0.633. The van der Waals surface area contributed by atoms with Crippen LogP contribution < -0.4 is 5.32 Å². The van der Waals surface area contributed by atoms with Crippen molar-refractivity contribution in [2.24, 2.45) is 10.8 Å². The number of nitrogens with zero attached hydrogens (tertiary/aromatic N) is 1. The molecule has 2 nitrogen and oxygen atoms in total. The molecule has 0 aromatic rings. The van der Waals surface area contributed by atoms with E-state index in [2.05, 4.69) is 51.8 Å². The summed E-state index contributed by atoms with van der Waals surface area (Å²) >= 11 is 0. The second-order valence-electron chi connectivity index (χ2n) is 7.13. The Morgan fingerprint density at radius 1 is 1.19 bits per heavy atom. The lowest BCUT2D eigenvalue weighted by Crippen LogP contribution is -2.57. The molecule has 0 amide bonds. The van der Waals surface area contributed by atoms with Gasteiger partial charge in [-0.1, -0.05) is 41.5 Å². The largest absolute Gasteiger partial charge is 0.311 e. The van der Waals surface area contributed by atoms with Crippen molar-refractivity contribution >= 4 is 0 Å². The predicted octanol–water partition coefficient (Wildman–Crippen LogP) is 2.74. The van der Waals surface area contributed by atoms with Crippen molar-refractivity contribution in [3.63, 3.8) is 0 Å². The van der Waals surface area contributed by atoms with Crippen LogP contribution >= 0.6 is 0 Å². The van der Waals surface area contributed by atoms with Crippen molar-refractivity contribution in [2.75, 3.05) is 26.2 Å². The number of nitrogens with one attached hydrogen (secondary N) is 1. The Morgan fingerprint density at radius 3 is 2.31 bits per heavy atom. The topological polar surface area (TPSA) is 15.3 Å². The predicted molar refractivity (Wildman–Crippen MR) is 71.8 cm³/mol.